The minimum absolute atomic E-state index is 0.0262. The average molecular weight is 322 g/mol. The zero-order chi connectivity index (χ0) is 17.1. The number of hydrogen-bond donors (Lipinski definition) is 0. The maximum absolute atomic E-state index is 6.28. The van der Waals surface area contributed by atoms with Crippen molar-refractivity contribution >= 4 is 0 Å². The van der Waals surface area contributed by atoms with Crippen molar-refractivity contribution in [3.05, 3.63) is 35.9 Å². The van der Waals surface area contributed by atoms with E-state index in [2.05, 4.69) is 19.1 Å². The molecule has 0 bridgehead atoms. The highest BCUT2D eigenvalue weighted by Crippen LogP contribution is 2.47. The molecule has 0 saturated carbocycles. The van der Waals surface area contributed by atoms with Crippen molar-refractivity contribution in [1.82, 2.24) is 0 Å². The fourth-order valence-electron chi connectivity index (χ4n) is 2.76. The molecule has 1 aromatic carbocycles. The van der Waals surface area contributed by atoms with Gasteiger partial charge in [-0.3, -0.25) is 0 Å². The van der Waals surface area contributed by atoms with Crippen molar-refractivity contribution < 1.29 is 18.9 Å². The van der Waals surface area contributed by atoms with Gasteiger partial charge in [-0.25, -0.2) is 0 Å². The lowest BCUT2D eigenvalue weighted by Crippen LogP contribution is -2.47. The summed E-state index contributed by atoms with van der Waals surface area (Å²) in [5, 5.41) is 0. The highest BCUT2D eigenvalue weighted by molar-refractivity contribution is 5.20. The summed E-state index contributed by atoms with van der Waals surface area (Å²) in [6.45, 7) is 11.2. The van der Waals surface area contributed by atoms with Gasteiger partial charge in [-0.15, -0.1) is 0 Å². The third-order valence-electron chi connectivity index (χ3n) is 4.50. The second kappa shape index (κ2) is 6.89. The van der Waals surface area contributed by atoms with E-state index < -0.39 is 11.6 Å². The lowest BCUT2D eigenvalue weighted by Gasteiger charge is -2.48. The third kappa shape index (κ3) is 4.77. The van der Waals surface area contributed by atoms with Gasteiger partial charge in [0.2, 0.25) is 0 Å². The van der Waals surface area contributed by atoms with E-state index in [1.807, 2.05) is 45.9 Å². The van der Waals surface area contributed by atoms with Crippen LogP contribution in [0.25, 0.3) is 0 Å². The van der Waals surface area contributed by atoms with Gasteiger partial charge in [0.25, 0.3) is 0 Å². The zero-order valence-corrected chi connectivity index (χ0v) is 15.2. The molecule has 0 amide bonds. The van der Waals surface area contributed by atoms with Crippen molar-refractivity contribution in [1.29, 1.82) is 0 Å². The molecule has 130 valence electrons. The molecule has 1 fully saturated rings. The van der Waals surface area contributed by atoms with Crippen molar-refractivity contribution in [3.8, 4) is 0 Å². The van der Waals surface area contributed by atoms with Crippen LogP contribution < -0.4 is 0 Å². The summed E-state index contributed by atoms with van der Waals surface area (Å²) in [6.07, 6.45) is 0.803. The molecule has 1 aliphatic heterocycles. The second-order valence-corrected chi connectivity index (χ2v) is 7.45. The number of ether oxygens (including phenoxy) is 4. The Labute approximate surface area is 140 Å². The number of methoxy groups -OCH3 is 1. The number of benzene rings is 1. The van der Waals surface area contributed by atoms with Crippen LogP contribution in [0, 0.1) is 5.41 Å². The van der Waals surface area contributed by atoms with Gasteiger partial charge in [0, 0.05) is 12.5 Å². The Balaban J connectivity index is 2.13. The minimum atomic E-state index is -0.577. The quantitative estimate of drug-likeness (QED) is 0.732. The average Bonchev–Trinajstić information content (AvgIpc) is 2.51. The van der Waals surface area contributed by atoms with Crippen LogP contribution in [0.15, 0.2) is 30.3 Å². The highest BCUT2D eigenvalue weighted by Gasteiger charge is 2.45. The summed E-state index contributed by atoms with van der Waals surface area (Å²) in [5.74, 6) is -1.15. The van der Waals surface area contributed by atoms with Gasteiger partial charge < -0.3 is 18.9 Å². The minimum Gasteiger partial charge on any atom is -0.354 e. The predicted molar refractivity (Wildman–Crippen MR) is 90.1 cm³/mol. The molecule has 0 unspecified atom stereocenters. The standard InChI is InChI=1S/C19H30O4/c1-17(2,20-6)21-13-12-19(5)14-22-18(3,4)23-16(19)15-10-8-7-9-11-15/h7-11,16H,12-14H2,1-6H3/t16-,19+/m1/s1. The van der Waals surface area contributed by atoms with Crippen molar-refractivity contribution in [2.75, 3.05) is 20.3 Å². The first-order valence-electron chi connectivity index (χ1n) is 8.23. The molecule has 4 heteroatoms. The summed E-state index contributed by atoms with van der Waals surface area (Å²) in [6, 6.07) is 10.3. The molecule has 0 aliphatic carbocycles. The van der Waals surface area contributed by atoms with Crippen LogP contribution in [0.2, 0.25) is 0 Å². The van der Waals surface area contributed by atoms with Crippen molar-refractivity contribution in [2.24, 2.45) is 5.41 Å². The van der Waals surface area contributed by atoms with Crippen molar-refractivity contribution in [2.45, 2.75) is 58.7 Å². The molecule has 1 saturated heterocycles. The number of hydrogen-bond acceptors (Lipinski definition) is 4. The van der Waals surface area contributed by atoms with E-state index in [0.717, 1.165) is 6.42 Å². The molecular formula is C19H30O4. The van der Waals surface area contributed by atoms with Crippen LogP contribution in [0.4, 0.5) is 0 Å². The molecule has 0 spiro atoms. The van der Waals surface area contributed by atoms with Crippen LogP contribution in [0.1, 0.15) is 52.7 Å². The Hall–Kier alpha value is -0.940. The highest BCUT2D eigenvalue weighted by atomic mass is 16.7. The van der Waals surface area contributed by atoms with Gasteiger partial charge in [0.15, 0.2) is 11.6 Å². The topological polar surface area (TPSA) is 36.9 Å². The molecule has 2 atom stereocenters. The molecule has 0 radical (unpaired) electrons. The van der Waals surface area contributed by atoms with E-state index in [0.29, 0.717) is 13.2 Å². The van der Waals surface area contributed by atoms with E-state index in [-0.39, 0.29) is 11.5 Å². The van der Waals surface area contributed by atoms with E-state index >= 15 is 0 Å². The normalized spacial score (nSPS) is 27.8. The summed E-state index contributed by atoms with van der Waals surface area (Å²) >= 11 is 0. The smallest absolute Gasteiger partial charge is 0.163 e. The largest absolute Gasteiger partial charge is 0.354 e. The Bertz CT molecular complexity index is 497. The SMILES string of the molecule is COC(C)(C)OCC[C@@]1(C)COC(C)(C)O[C@@H]1c1ccccc1. The lowest BCUT2D eigenvalue weighted by atomic mass is 9.77. The maximum atomic E-state index is 6.28. The van der Waals surface area contributed by atoms with Gasteiger partial charge >= 0.3 is 0 Å². The lowest BCUT2D eigenvalue weighted by molar-refractivity contribution is -0.322. The van der Waals surface area contributed by atoms with Gasteiger partial charge in [0.05, 0.1) is 19.3 Å². The zero-order valence-electron chi connectivity index (χ0n) is 15.2. The van der Waals surface area contributed by atoms with Crippen LogP contribution in [-0.2, 0) is 18.9 Å². The van der Waals surface area contributed by atoms with Crippen LogP contribution >= 0.6 is 0 Å². The Morgan fingerprint density at radius 2 is 1.83 bits per heavy atom. The monoisotopic (exact) mass is 322 g/mol. The van der Waals surface area contributed by atoms with Crippen LogP contribution in [0.5, 0.6) is 0 Å². The maximum Gasteiger partial charge on any atom is 0.163 e. The number of rotatable bonds is 6. The van der Waals surface area contributed by atoms with Gasteiger partial charge in [-0.1, -0.05) is 37.3 Å². The molecule has 2 rings (SSSR count). The van der Waals surface area contributed by atoms with E-state index in [4.69, 9.17) is 18.9 Å². The van der Waals surface area contributed by atoms with Gasteiger partial charge in [-0.05, 0) is 39.7 Å². The molecule has 1 heterocycles. The molecule has 0 N–H and O–H groups in total. The molecular weight excluding hydrogens is 292 g/mol. The summed E-state index contributed by atoms with van der Waals surface area (Å²) in [5.41, 5.74) is 1.03. The first kappa shape index (κ1) is 18.4. The summed E-state index contributed by atoms with van der Waals surface area (Å²) < 4.78 is 23.4. The molecule has 23 heavy (non-hydrogen) atoms. The summed E-state index contributed by atoms with van der Waals surface area (Å²) in [7, 11) is 1.66. The predicted octanol–water partition coefficient (Wildman–Crippen LogP) is 4.31. The second-order valence-electron chi connectivity index (χ2n) is 7.45. The molecule has 4 nitrogen and oxygen atoms in total. The Kier molecular flexibility index (Phi) is 5.52. The fourth-order valence-corrected chi connectivity index (χ4v) is 2.76. The van der Waals surface area contributed by atoms with Gasteiger partial charge in [-0.2, -0.15) is 0 Å². The molecule has 1 aromatic rings. The van der Waals surface area contributed by atoms with Crippen LogP contribution in [-0.4, -0.2) is 31.9 Å². The first-order chi connectivity index (χ1) is 10.7. The summed E-state index contributed by atoms with van der Waals surface area (Å²) in [4.78, 5) is 0. The van der Waals surface area contributed by atoms with E-state index in [1.54, 1.807) is 7.11 Å². The van der Waals surface area contributed by atoms with Crippen molar-refractivity contribution in [3.63, 3.8) is 0 Å². The van der Waals surface area contributed by atoms with E-state index in [1.165, 1.54) is 5.56 Å². The Morgan fingerprint density at radius 1 is 1.17 bits per heavy atom. The van der Waals surface area contributed by atoms with Gasteiger partial charge in [0.1, 0.15) is 0 Å². The van der Waals surface area contributed by atoms with E-state index in [9.17, 15) is 0 Å². The third-order valence-corrected chi connectivity index (χ3v) is 4.50. The van der Waals surface area contributed by atoms with Crippen LogP contribution in [0.3, 0.4) is 0 Å². The Morgan fingerprint density at radius 3 is 2.43 bits per heavy atom. The fraction of sp³-hybridized carbons (Fsp3) is 0.684. The molecule has 1 aliphatic rings. The first-order valence-corrected chi connectivity index (χ1v) is 8.23. The molecule has 0 aromatic heterocycles.